The van der Waals surface area contributed by atoms with Gasteiger partial charge in [-0.1, -0.05) is 37.3 Å². The van der Waals surface area contributed by atoms with Crippen molar-refractivity contribution in [2.24, 2.45) is 5.92 Å². The quantitative estimate of drug-likeness (QED) is 0.572. The Labute approximate surface area is 179 Å². The monoisotopic (exact) mass is 424 g/mol. The minimum atomic E-state index is -0.308. The molecule has 0 bridgehead atoms. The molecule has 7 nitrogen and oxygen atoms in total. The Hall–Kier alpha value is -3.26. The molecule has 1 heterocycles. The number of hydrogen-bond donors (Lipinski definition) is 2. The average Bonchev–Trinajstić information content (AvgIpc) is 3.20. The van der Waals surface area contributed by atoms with E-state index >= 15 is 0 Å². The Morgan fingerprint density at radius 1 is 1.07 bits per heavy atom. The van der Waals surface area contributed by atoms with E-state index in [4.69, 9.17) is 4.74 Å². The van der Waals surface area contributed by atoms with Crippen LogP contribution < -0.4 is 15.4 Å². The van der Waals surface area contributed by atoms with Crippen molar-refractivity contribution in [1.29, 1.82) is 0 Å². The van der Waals surface area contributed by atoms with Crippen LogP contribution in [0.4, 0.5) is 5.69 Å². The molecule has 1 aromatic heterocycles. The van der Waals surface area contributed by atoms with Gasteiger partial charge in [0.25, 0.3) is 11.8 Å². The topological polar surface area (TPSA) is 93.2 Å². The van der Waals surface area contributed by atoms with Gasteiger partial charge in [-0.2, -0.15) is 0 Å². The molecular formula is C22H24N4O3S. The predicted molar refractivity (Wildman–Crippen MR) is 117 cm³/mol. The lowest BCUT2D eigenvalue weighted by Crippen LogP contribution is -2.22. The summed E-state index contributed by atoms with van der Waals surface area (Å²) >= 11 is 1.30. The highest BCUT2D eigenvalue weighted by atomic mass is 32.1. The van der Waals surface area contributed by atoms with Gasteiger partial charge in [-0.3, -0.25) is 9.59 Å². The van der Waals surface area contributed by atoms with E-state index in [9.17, 15) is 9.59 Å². The number of carbonyl (C=O) groups excluding carboxylic acids is 2. The summed E-state index contributed by atoms with van der Waals surface area (Å²) in [5.41, 5.74) is 2.04. The summed E-state index contributed by atoms with van der Waals surface area (Å²) in [4.78, 5) is 24.7. The van der Waals surface area contributed by atoms with E-state index in [0.29, 0.717) is 28.7 Å². The van der Waals surface area contributed by atoms with Crippen LogP contribution in [0.15, 0.2) is 48.5 Å². The molecule has 3 aromatic rings. The van der Waals surface area contributed by atoms with Crippen molar-refractivity contribution in [1.82, 2.24) is 15.5 Å². The Morgan fingerprint density at radius 2 is 1.83 bits per heavy atom. The van der Waals surface area contributed by atoms with Crippen LogP contribution in [0.3, 0.4) is 0 Å². The van der Waals surface area contributed by atoms with Gasteiger partial charge in [0.2, 0.25) is 5.01 Å². The molecule has 0 spiro atoms. The van der Waals surface area contributed by atoms with Gasteiger partial charge in [0, 0.05) is 24.2 Å². The molecular weight excluding hydrogens is 400 g/mol. The second-order valence-electron chi connectivity index (χ2n) is 7.16. The minimum absolute atomic E-state index is 0.196. The lowest BCUT2D eigenvalue weighted by Gasteiger charge is -2.08. The zero-order chi connectivity index (χ0) is 21.5. The first-order valence-electron chi connectivity index (χ1n) is 9.59. The van der Waals surface area contributed by atoms with E-state index in [1.165, 1.54) is 11.3 Å². The standard InChI is InChI=1S/C22H24N4O3S/c1-14(2)11-19-25-26-22(30-19)21(28)24-17-9-7-16(8-10-17)20(27)23-13-15-5-4-6-18(12-15)29-3/h4-10,12,14H,11,13H2,1-3H3,(H,23,27)(H,24,28). The van der Waals surface area contributed by atoms with Gasteiger partial charge in [0.15, 0.2) is 0 Å². The maximum Gasteiger partial charge on any atom is 0.286 e. The normalized spacial score (nSPS) is 10.7. The Balaban J connectivity index is 1.55. The summed E-state index contributed by atoms with van der Waals surface area (Å²) in [5, 5.41) is 14.8. The Bertz CT molecular complexity index is 1020. The highest BCUT2D eigenvalue weighted by Gasteiger charge is 2.14. The number of ether oxygens (including phenoxy) is 1. The second-order valence-corrected chi connectivity index (χ2v) is 8.23. The first kappa shape index (κ1) is 21.4. The van der Waals surface area contributed by atoms with E-state index in [2.05, 4.69) is 34.7 Å². The van der Waals surface area contributed by atoms with Crippen LogP contribution in [0.25, 0.3) is 0 Å². The largest absolute Gasteiger partial charge is 0.497 e. The molecule has 2 amide bonds. The summed E-state index contributed by atoms with van der Waals surface area (Å²) < 4.78 is 5.19. The number of rotatable bonds is 8. The van der Waals surface area contributed by atoms with E-state index in [1.54, 1.807) is 31.4 Å². The van der Waals surface area contributed by atoms with Crippen molar-refractivity contribution in [3.05, 3.63) is 69.7 Å². The summed E-state index contributed by atoms with van der Waals surface area (Å²) in [5.74, 6) is 0.695. The molecule has 0 aliphatic heterocycles. The Kier molecular flexibility index (Phi) is 7.13. The lowest BCUT2D eigenvalue weighted by atomic mass is 10.1. The number of amides is 2. The van der Waals surface area contributed by atoms with Crippen LogP contribution >= 0.6 is 11.3 Å². The third kappa shape index (κ3) is 5.87. The molecule has 0 atom stereocenters. The Morgan fingerprint density at radius 3 is 2.53 bits per heavy atom. The SMILES string of the molecule is COc1cccc(CNC(=O)c2ccc(NC(=O)c3nnc(CC(C)C)s3)cc2)c1. The number of benzene rings is 2. The zero-order valence-corrected chi connectivity index (χ0v) is 18.0. The third-order valence-electron chi connectivity index (χ3n) is 4.24. The van der Waals surface area contributed by atoms with Crippen LogP contribution in [0.2, 0.25) is 0 Å². The highest BCUT2D eigenvalue weighted by Crippen LogP contribution is 2.17. The number of carbonyl (C=O) groups is 2. The smallest absolute Gasteiger partial charge is 0.286 e. The number of methoxy groups -OCH3 is 1. The van der Waals surface area contributed by atoms with Gasteiger partial charge < -0.3 is 15.4 Å². The number of hydrogen-bond acceptors (Lipinski definition) is 6. The fourth-order valence-electron chi connectivity index (χ4n) is 2.73. The van der Waals surface area contributed by atoms with Crippen LogP contribution in [-0.4, -0.2) is 29.1 Å². The summed E-state index contributed by atoms with van der Waals surface area (Å²) in [7, 11) is 1.60. The summed E-state index contributed by atoms with van der Waals surface area (Å²) in [6.45, 7) is 4.58. The fraction of sp³-hybridized carbons (Fsp3) is 0.273. The minimum Gasteiger partial charge on any atom is -0.497 e. The van der Waals surface area contributed by atoms with Gasteiger partial charge in [0.1, 0.15) is 10.8 Å². The van der Waals surface area contributed by atoms with Crippen molar-refractivity contribution < 1.29 is 14.3 Å². The number of nitrogens with zero attached hydrogens (tertiary/aromatic N) is 2. The molecule has 0 aliphatic carbocycles. The predicted octanol–water partition coefficient (Wildman–Crippen LogP) is 3.93. The van der Waals surface area contributed by atoms with E-state index in [-0.39, 0.29) is 11.8 Å². The molecule has 0 radical (unpaired) electrons. The molecule has 2 N–H and O–H groups in total. The number of anilines is 1. The van der Waals surface area contributed by atoms with Crippen LogP contribution in [0.1, 0.15) is 44.6 Å². The molecule has 0 saturated heterocycles. The van der Waals surface area contributed by atoms with Crippen molar-refractivity contribution >= 4 is 28.8 Å². The zero-order valence-electron chi connectivity index (χ0n) is 17.1. The first-order valence-corrected chi connectivity index (χ1v) is 10.4. The van der Waals surface area contributed by atoms with E-state index in [0.717, 1.165) is 22.7 Å². The first-order chi connectivity index (χ1) is 14.4. The van der Waals surface area contributed by atoms with Gasteiger partial charge in [-0.25, -0.2) is 0 Å². The van der Waals surface area contributed by atoms with Gasteiger partial charge in [0.05, 0.1) is 7.11 Å². The summed E-state index contributed by atoms with van der Waals surface area (Å²) in [6.07, 6.45) is 0.796. The molecule has 8 heteroatoms. The van der Waals surface area contributed by atoms with Gasteiger partial charge in [-0.05, 0) is 47.9 Å². The molecule has 3 rings (SSSR count). The van der Waals surface area contributed by atoms with Crippen LogP contribution in [-0.2, 0) is 13.0 Å². The van der Waals surface area contributed by atoms with Crippen LogP contribution in [0, 0.1) is 5.92 Å². The molecule has 0 fully saturated rings. The van der Waals surface area contributed by atoms with E-state index < -0.39 is 0 Å². The number of aromatic nitrogens is 2. The fourth-order valence-corrected chi connectivity index (χ4v) is 3.68. The molecule has 2 aromatic carbocycles. The van der Waals surface area contributed by atoms with Crippen LogP contribution in [0.5, 0.6) is 5.75 Å². The lowest BCUT2D eigenvalue weighted by molar-refractivity contribution is 0.0950. The molecule has 30 heavy (non-hydrogen) atoms. The van der Waals surface area contributed by atoms with Crippen molar-refractivity contribution in [3.8, 4) is 5.75 Å². The average molecular weight is 425 g/mol. The summed E-state index contributed by atoms with van der Waals surface area (Å²) in [6, 6.07) is 14.2. The maximum absolute atomic E-state index is 12.4. The molecule has 156 valence electrons. The van der Waals surface area contributed by atoms with Gasteiger partial charge in [-0.15, -0.1) is 10.2 Å². The van der Waals surface area contributed by atoms with Gasteiger partial charge >= 0.3 is 0 Å². The second kappa shape index (κ2) is 9.98. The highest BCUT2D eigenvalue weighted by molar-refractivity contribution is 7.13. The number of nitrogens with one attached hydrogen (secondary N) is 2. The molecule has 0 aliphatic rings. The molecule has 0 unspecified atom stereocenters. The van der Waals surface area contributed by atoms with Crippen molar-refractivity contribution in [3.63, 3.8) is 0 Å². The molecule has 0 saturated carbocycles. The third-order valence-corrected chi connectivity index (χ3v) is 5.18. The maximum atomic E-state index is 12.4. The van der Waals surface area contributed by atoms with Crippen molar-refractivity contribution in [2.75, 3.05) is 12.4 Å². The van der Waals surface area contributed by atoms with Crippen molar-refractivity contribution in [2.45, 2.75) is 26.8 Å². The van der Waals surface area contributed by atoms with E-state index in [1.807, 2.05) is 24.3 Å².